The summed E-state index contributed by atoms with van der Waals surface area (Å²) < 4.78 is 39.0. The Bertz CT molecular complexity index is 1250. The van der Waals surface area contributed by atoms with E-state index in [1.54, 1.807) is 54.9 Å². The minimum atomic E-state index is -3.65. The zero-order chi connectivity index (χ0) is 27.1. The number of hydrogen-bond donors (Lipinski definition) is 1. The second-order valence-electron chi connectivity index (χ2n) is 9.50. The first kappa shape index (κ1) is 27.9. The number of ether oxygens (including phenoxy) is 2. The van der Waals surface area contributed by atoms with E-state index in [1.807, 2.05) is 6.07 Å². The molecule has 0 saturated carbocycles. The Balaban J connectivity index is 1.62. The third-order valence-corrected chi connectivity index (χ3v) is 9.08. The van der Waals surface area contributed by atoms with E-state index in [1.165, 1.54) is 6.08 Å². The second kappa shape index (κ2) is 12.6. The molecule has 0 aromatic heterocycles. The van der Waals surface area contributed by atoms with E-state index in [0.29, 0.717) is 35.8 Å². The van der Waals surface area contributed by atoms with Crippen molar-refractivity contribution in [1.82, 2.24) is 9.21 Å². The van der Waals surface area contributed by atoms with Gasteiger partial charge in [-0.05, 0) is 61.9 Å². The van der Waals surface area contributed by atoms with Crippen LogP contribution in [-0.2, 0) is 14.8 Å². The minimum Gasteiger partial charge on any atom is -0.497 e. The maximum absolute atomic E-state index is 13.4. The average molecular weight is 543 g/mol. The van der Waals surface area contributed by atoms with Crippen molar-refractivity contribution in [1.29, 1.82) is 0 Å². The van der Waals surface area contributed by atoms with Gasteiger partial charge in [-0.25, -0.2) is 8.42 Å². The highest BCUT2D eigenvalue weighted by Crippen LogP contribution is 2.32. The highest BCUT2D eigenvalue weighted by Gasteiger charge is 2.28. The van der Waals surface area contributed by atoms with Gasteiger partial charge >= 0.3 is 0 Å². The van der Waals surface area contributed by atoms with Gasteiger partial charge in [0.1, 0.15) is 11.5 Å². The standard InChI is InChI=1S/C28H38N4O5S/c1-4-30-16-18-31(19-17-30)26-11-10-24(38(34,35)32-14-6-5-7-15-32)21-25(26)29-28(33)13-8-22-20-23(36-2)9-12-27(22)37-3/h8-13,20-21H,4-7,14-19H2,1-3H3,(H,29,33)/b13-8+. The molecule has 10 heteroatoms. The number of hydrogen-bond acceptors (Lipinski definition) is 7. The monoisotopic (exact) mass is 542 g/mol. The predicted molar refractivity (Wildman–Crippen MR) is 151 cm³/mol. The van der Waals surface area contributed by atoms with Crippen LogP contribution < -0.4 is 19.7 Å². The fourth-order valence-electron chi connectivity index (χ4n) is 4.92. The number of amides is 1. The van der Waals surface area contributed by atoms with Gasteiger partial charge in [-0.3, -0.25) is 4.79 Å². The quantitative estimate of drug-likeness (QED) is 0.484. The van der Waals surface area contributed by atoms with E-state index in [2.05, 4.69) is 22.0 Å². The summed E-state index contributed by atoms with van der Waals surface area (Å²) >= 11 is 0. The minimum absolute atomic E-state index is 0.198. The van der Waals surface area contributed by atoms with Crippen LogP contribution >= 0.6 is 0 Å². The normalized spacial score (nSPS) is 17.5. The molecule has 0 aliphatic carbocycles. The van der Waals surface area contributed by atoms with E-state index >= 15 is 0 Å². The Hall–Kier alpha value is -3.08. The number of benzene rings is 2. The van der Waals surface area contributed by atoms with E-state index < -0.39 is 10.0 Å². The third-order valence-electron chi connectivity index (χ3n) is 7.19. The maximum atomic E-state index is 13.4. The lowest BCUT2D eigenvalue weighted by atomic mass is 10.1. The maximum Gasteiger partial charge on any atom is 0.248 e. The van der Waals surface area contributed by atoms with Crippen LogP contribution in [0.2, 0.25) is 0 Å². The molecule has 0 spiro atoms. The number of likely N-dealkylation sites (N-methyl/N-ethyl adjacent to an activating group) is 1. The smallest absolute Gasteiger partial charge is 0.248 e. The molecule has 2 aliphatic rings. The summed E-state index contributed by atoms with van der Waals surface area (Å²) in [5.41, 5.74) is 2.00. The number of anilines is 2. The zero-order valence-electron chi connectivity index (χ0n) is 22.5. The van der Waals surface area contributed by atoms with Crippen LogP contribution in [0.25, 0.3) is 6.08 Å². The van der Waals surface area contributed by atoms with Crippen molar-refractivity contribution < 1.29 is 22.7 Å². The molecule has 0 radical (unpaired) electrons. The number of carbonyl (C=O) groups excluding carboxylic acids is 1. The van der Waals surface area contributed by atoms with E-state index in [9.17, 15) is 13.2 Å². The van der Waals surface area contributed by atoms with Crippen LogP contribution in [0.4, 0.5) is 11.4 Å². The van der Waals surface area contributed by atoms with Gasteiger partial charge in [0, 0.05) is 50.9 Å². The molecule has 2 aromatic rings. The molecule has 2 fully saturated rings. The van der Waals surface area contributed by atoms with Crippen molar-refractivity contribution >= 4 is 33.4 Å². The van der Waals surface area contributed by atoms with Crippen molar-refractivity contribution in [2.75, 3.05) is 70.2 Å². The molecule has 2 aliphatic heterocycles. The lowest BCUT2D eigenvalue weighted by Crippen LogP contribution is -2.46. The van der Waals surface area contributed by atoms with Crippen LogP contribution in [0.15, 0.2) is 47.4 Å². The summed E-state index contributed by atoms with van der Waals surface area (Å²) in [4.78, 5) is 17.8. The molecule has 4 rings (SSSR count). The van der Waals surface area contributed by atoms with Gasteiger partial charge in [-0.15, -0.1) is 0 Å². The van der Waals surface area contributed by atoms with Crippen molar-refractivity contribution in [3.8, 4) is 11.5 Å². The Morgan fingerprint density at radius 1 is 0.947 bits per heavy atom. The number of nitrogens with zero attached hydrogens (tertiary/aromatic N) is 3. The van der Waals surface area contributed by atoms with Crippen molar-refractivity contribution in [3.05, 3.63) is 48.0 Å². The first-order valence-corrected chi connectivity index (χ1v) is 14.6. The first-order chi connectivity index (χ1) is 18.3. The Kier molecular flexibility index (Phi) is 9.30. The zero-order valence-corrected chi connectivity index (χ0v) is 23.3. The SMILES string of the molecule is CCN1CCN(c2ccc(S(=O)(=O)N3CCCCC3)cc2NC(=O)/C=C/c2cc(OC)ccc2OC)CC1. The van der Waals surface area contributed by atoms with Gasteiger partial charge < -0.3 is 24.6 Å². The number of sulfonamides is 1. The fraction of sp³-hybridized carbons (Fsp3) is 0.464. The number of rotatable bonds is 9. The van der Waals surface area contributed by atoms with Crippen LogP contribution in [-0.4, -0.2) is 83.6 Å². The molecular formula is C28H38N4O5S. The van der Waals surface area contributed by atoms with Crippen molar-refractivity contribution in [2.24, 2.45) is 0 Å². The lowest BCUT2D eigenvalue weighted by molar-refractivity contribution is -0.111. The van der Waals surface area contributed by atoms with Gasteiger partial charge in [0.15, 0.2) is 0 Å². The van der Waals surface area contributed by atoms with E-state index in [4.69, 9.17) is 9.47 Å². The topological polar surface area (TPSA) is 91.4 Å². The highest BCUT2D eigenvalue weighted by molar-refractivity contribution is 7.89. The first-order valence-electron chi connectivity index (χ1n) is 13.2. The predicted octanol–water partition coefficient (Wildman–Crippen LogP) is 3.67. The van der Waals surface area contributed by atoms with Gasteiger partial charge in [0.25, 0.3) is 0 Å². The molecule has 0 unspecified atom stereocenters. The number of nitrogens with one attached hydrogen (secondary N) is 1. The lowest BCUT2D eigenvalue weighted by Gasteiger charge is -2.36. The molecule has 206 valence electrons. The molecule has 1 N–H and O–H groups in total. The summed E-state index contributed by atoms with van der Waals surface area (Å²) in [6.07, 6.45) is 5.84. The van der Waals surface area contributed by atoms with Gasteiger partial charge in [0.05, 0.1) is 30.5 Å². The fourth-order valence-corrected chi connectivity index (χ4v) is 6.46. The molecule has 2 saturated heterocycles. The average Bonchev–Trinajstić information content (AvgIpc) is 2.96. The van der Waals surface area contributed by atoms with Gasteiger partial charge in [-0.1, -0.05) is 13.3 Å². The third kappa shape index (κ3) is 6.48. The van der Waals surface area contributed by atoms with Crippen molar-refractivity contribution in [3.63, 3.8) is 0 Å². The molecular weight excluding hydrogens is 504 g/mol. The summed E-state index contributed by atoms with van der Waals surface area (Å²) in [5, 5.41) is 2.95. The Morgan fingerprint density at radius 2 is 1.68 bits per heavy atom. The van der Waals surface area contributed by atoms with Gasteiger partial charge in [-0.2, -0.15) is 4.31 Å². The van der Waals surface area contributed by atoms with Crippen LogP contribution in [0.3, 0.4) is 0 Å². The summed E-state index contributed by atoms with van der Waals surface area (Å²) in [5.74, 6) is 0.893. The van der Waals surface area contributed by atoms with E-state index in [0.717, 1.165) is 57.7 Å². The molecule has 38 heavy (non-hydrogen) atoms. The number of carbonyl (C=O) groups is 1. The van der Waals surface area contributed by atoms with Crippen LogP contribution in [0.5, 0.6) is 11.5 Å². The molecule has 0 atom stereocenters. The molecule has 1 amide bonds. The largest absolute Gasteiger partial charge is 0.497 e. The van der Waals surface area contributed by atoms with E-state index in [-0.39, 0.29) is 10.8 Å². The molecule has 9 nitrogen and oxygen atoms in total. The Morgan fingerprint density at radius 3 is 2.34 bits per heavy atom. The van der Waals surface area contributed by atoms with Crippen LogP contribution in [0.1, 0.15) is 31.7 Å². The second-order valence-corrected chi connectivity index (χ2v) is 11.4. The summed E-state index contributed by atoms with van der Waals surface area (Å²) in [6, 6.07) is 10.4. The van der Waals surface area contributed by atoms with Crippen molar-refractivity contribution in [2.45, 2.75) is 31.1 Å². The summed E-state index contributed by atoms with van der Waals surface area (Å²) in [7, 11) is -0.500. The number of piperazine rings is 1. The molecule has 0 bridgehead atoms. The van der Waals surface area contributed by atoms with Crippen LogP contribution in [0, 0.1) is 0 Å². The number of methoxy groups -OCH3 is 2. The highest BCUT2D eigenvalue weighted by atomic mass is 32.2. The van der Waals surface area contributed by atoms with Gasteiger partial charge in [0.2, 0.25) is 15.9 Å². The molecule has 2 heterocycles. The number of piperidine rings is 1. The Labute approximate surface area is 226 Å². The molecule has 2 aromatic carbocycles. The summed E-state index contributed by atoms with van der Waals surface area (Å²) in [6.45, 7) is 7.60.